The van der Waals surface area contributed by atoms with E-state index in [0.29, 0.717) is 24.2 Å². The lowest BCUT2D eigenvalue weighted by Crippen LogP contribution is -2.52. The minimum Gasteiger partial charge on any atom is -0.349 e. The van der Waals surface area contributed by atoms with Gasteiger partial charge in [-0.2, -0.15) is 26.3 Å². The maximum Gasteiger partial charge on any atom is 0.416 e. The number of urea groups is 1. The number of hydrogen-bond donors (Lipinski definition) is 3. The highest BCUT2D eigenvalue weighted by molar-refractivity contribution is 5.75. The summed E-state index contributed by atoms with van der Waals surface area (Å²) >= 11 is 0. The van der Waals surface area contributed by atoms with Crippen molar-refractivity contribution in [1.82, 2.24) is 21.1 Å². The third-order valence-electron chi connectivity index (χ3n) is 7.24. The minimum atomic E-state index is -5.00. The number of rotatable bonds is 7. The van der Waals surface area contributed by atoms with Crippen molar-refractivity contribution in [1.29, 1.82) is 0 Å². The first-order valence-electron chi connectivity index (χ1n) is 13.3. The third kappa shape index (κ3) is 7.26. The Balaban J connectivity index is 1.45. The van der Waals surface area contributed by atoms with Gasteiger partial charge < -0.3 is 14.8 Å². The number of hydrogen-bond acceptors (Lipinski definition) is 5. The Hall–Kier alpha value is -3.72. The molecule has 5 rings (SSSR count). The van der Waals surface area contributed by atoms with Crippen molar-refractivity contribution in [2.75, 3.05) is 19.7 Å². The van der Waals surface area contributed by atoms with Crippen LogP contribution >= 0.6 is 0 Å². The van der Waals surface area contributed by atoms with Gasteiger partial charge >= 0.3 is 18.4 Å². The van der Waals surface area contributed by atoms with E-state index in [1.54, 1.807) is 36.4 Å². The van der Waals surface area contributed by atoms with Gasteiger partial charge in [-0.3, -0.25) is 10.3 Å². The van der Waals surface area contributed by atoms with E-state index in [9.17, 15) is 35.5 Å². The van der Waals surface area contributed by atoms with Gasteiger partial charge in [0.15, 0.2) is 6.29 Å². The maximum atomic E-state index is 13.5. The number of hydrazine groups is 1. The second-order valence-corrected chi connectivity index (χ2v) is 10.2. The summed E-state index contributed by atoms with van der Waals surface area (Å²) in [7, 11) is 0. The average Bonchev–Trinajstić information content (AvgIpc) is 3.37. The Morgan fingerprint density at radius 3 is 2.05 bits per heavy atom. The van der Waals surface area contributed by atoms with Crippen LogP contribution in [0, 0.1) is 5.82 Å². The van der Waals surface area contributed by atoms with Crippen molar-refractivity contribution in [2.45, 2.75) is 43.9 Å². The van der Waals surface area contributed by atoms with E-state index in [2.05, 4.69) is 16.2 Å². The Morgan fingerprint density at radius 2 is 1.51 bits per heavy atom. The molecule has 0 aliphatic carbocycles. The molecule has 0 radical (unpaired) electrons. The molecular formula is C29H27F7N4O3. The molecule has 0 saturated carbocycles. The number of nitrogens with zero attached hydrogens (tertiary/aromatic N) is 1. The lowest BCUT2D eigenvalue weighted by atomic mass is 9.98. The molecule has 14 heteroatoms. The van der Waals surface area contributed by atoms with Crippen LogP contribution in [0.3, 0.4) is 0 Å². The van der Waals surface area contributed by atoms with Crippen LogP contribution in [0.1, 0.15) is 41.3 Å². The first-order chi connectivity index (χ1) is 20.3. The zero-order chi connectivity index (χ0) is 30.9. The van der Waals surface area contributed by atoms with E-state index < -0.39 is 54.1 Å². The van der Waals surface area contributed by atoms with E-state index in [-0.39, 0.29) is 30.6 Å². The van der Waals surface area contributed by atoms with Crippen molar-refractivity contribution in [2.24, 2.45) is 0 Å². The fourth-order valence-electron chi connectivity index (χ4n) is 5.09. The van der Waals surface area contributed by atoms with Crippen molar-refractivity contribution < 1.29 is 45.0 Å². The van der Waals surface area contributed by atoms with Gasteiger partial charge in [0.2, 0.25) is 0 Å². The van der Waals surface area contributed by atoms with Crippen LogP contribution in [0.2, 0.25) is 0 Å². The van der Waals surface area contributed by atoms with Gasteiger partial charge in [-0.1, -0.05) is 36.4 Å². The number of carbonyl (C=O) groups is 1. The van der Waals surface area contributed by atoms with Crippen LogP contribution in [-0.4, -0.2) is 43.1 Å². The number of nitrogens with one attached hydrogen (secondary N) is 3. The van der Waals surface area contributed by atoms with Crippen LogP contribution in [0.15, 0.2) is 66.7 Å². The summed E-state index contributed by atoms with van der Waals surface area (Å²) in [6.45, 7) is 2.15. The van der Waals surface area contributed by atoms with Crippen molar-refractivity contribution in [3.05, 3.63) is 94.8 Å². The number of morpholine rings is 1. The van der Waals surface area contributed by atoms with E-state index in [0.717, 1.165) is 11.1 Å². The highest BCUT2D eigenvalue weighted by atomic mass is 19.4. The first kappa shape index (κ1) is 30.7. The predicted molar refractivity (Wildman–Crippen MR) is 140 cm³/mol. The zero-order valence-corrected chi connectivity index (χ0v) is 22.6. The van der Waals surface area contributed by atoms with Crippen molar-refractivity contribution in [3.8, 4) is 11.1 Å². The summed E-state index contributed by atoms with van der Waals surface area (Å²) in [4.78, 5) is 13.6. The Bertz CT molecular complexity index is 1400. The summed E-state index contributed by atoms with van der Waals surface area (Å²) in [5.74, 6) is -0.380. The summed E-state index contributed by atoms with van der Waals surface area (Å²) in [6, 6.07) is 13.3. The molecule has 2 heterocycles. The van der Waals surface area contributed by atoms with Gasteiger partial charge in [0.05, 0.1) is 29.9 Å². The van der Waals surface area contributed by atoms with Gasteiger partial charge in [0, 0.05) is 13.1 Å². The fourth-order valence-corrected chi connectivity index (χ4v) is 5.09. The van der Waals surface area contributed by atoms with Gasteiger partial charge in [-0.05, 0) is 59.5 Å². The molecule has 2 aliphatic rings. The molecule has 3 aromatic carbocycles. The maximum absolute atomic E-state index is 13.5. The third-order valence-corrected chi connectivity index (χ3v) is 7.24. The Morgan fingerprint density at radius 1 is 0.930 bits per heavy atom. The molecule has 3 N–H and O–H groups in total. The SMILES string of the molecule is C[C@@H](O[C@H]1OCCN(CC2NNC(=O)N2)[C@H]1c1ccc(-c2ccc(F)cc2)cc1)c1cc(C(F)(F)F)cc(C(F)(F)F)c1. The highest BCUT2D eigenvalue weighted by Crippen LogP contribution is 2.40. The minimum absolute atomic E-state index is 0.0669. The number of ether oxygens (including phenoxy) is 2. The van der Waals surface area contributed by atoms with Crippen LogP contribution in [-0.2, 0) is 21.8 Å². The Labute approximate surface area is 241 Å². The summed E-state index contributed by atoms with van der Waals surface area (Å²) in [5.41, 5.74) is 4.28. The molecule has 2 saturated heterocycles. The van der Waals surface area contributed by atoms with Crippen LogP contribution in [0.25, 0.3) is 11.1 Å². The van der Waals surface area contributed by atoms with Gasteiger partial charge in [-0.25, -0.2) is 14.6 Å². The van der Waals surface area contributed by atoms with Gasteiger partial charge in [0.1, 0.15) is 12.0 Å². The van der Waals surface area contributed by atoms with E-state index in [1.807, 2.05) is 4.90 Å². The standard InChI is InChI=1S/C29H27F7N4O3/c1-16(20-12-21(28(31,32)33)14-22(13-20)29(34,35)36)43-26-25(40(10-11-42-26)15-24-37-27(41)39-38-24)19-4-2-17(3-5-19)18-6-8-23(30)9-7-18/h2-9,12-14,16,24-26,38H,10-11,15H2,1H3,(H2,37,39,41)/t16-,24?,25+,26-/m1/s1. The number of alkyl halides is 6. The summed E-state index contributed by atoms with van der Waals surface area (Å²) in [6.07, 6.45) is -12.8. The lowest BCUT2D eigenvalue weighted by Gasteiger charge is -2.42. The number of halogens is 7. The largest absolute Gasteiger partial charge is 0.416 e. The van der Waals surface area contributed by atoms with Crippen molar-refractivity contribution in [3.63, 3.8) is 0 Å². The lowest BCUT2D eigenvalue weighted by molar-refractivity contribution is -0.230. The van der Waals surface area contributed by atoms with Gasteiger partial charge in [-0.15, -0.1) is 0 Å². The van der Waals surface area contributed by atoms with Crippen LogP contribution < -0.4 is 16.2 Å². The molecule has 43 heavy (non-hydrogen) atoms. The molecule has 7 nitrogen and oxygen atoms in total. The Kier molecular flexibility index (Phi) is 8.65. The number of carbonyl (C=O) groups excluding carboxylic acids is 1. The molecule has 4 atom stereocenters. The number of amides is 2. The van der Waals surface area contributed by atoms with E-state index >= 15 is 0 Å². The molecule has 2 amide bonds. The quantitative estimate of drug-likeness (QED) is 0.279. The van der Waals surface area contributed by atoms with Gasteiger partial charge in [0.25, 0.3) is 0 Å². The number of benzene rings is 3. The predicted octanol–water partition coefficient (Wildman–Crippen LogP) is 6.15. The van der Waals surface area contributed by atoms with Crippen LogP contribution in [0.5, 0.6) is 0 Å². The fraction of sp³-hybridized carbons (Fsp3) is 0.345. The summed E-state index contributed by atoms with van der Waals surface area (Å²) < 4.78 is 106. The second kappa shape index (κ2) is 12.1. The second-order valence-electron chi connectivity index (χ2n) is 10.2. The molecule has 1 unspecified atom stereocenters. The molecule has 2 aliphatic heterocycles. The first-order valence-corrected chi connectivity index (χ1v) is 13.3. The smallest absolute Gasteiger partial charge is 0.349 e. The molecule has 0 spiro atoms. The molecule has 2 fully saturated rings. The molecule has 230 valence electrons. The van der Waals surface area contributed by atoms with Crippen molar-refractivity contribution >= 4 is 6.03 Å². The van der Waals surface area contributed by atoms with E-state index in [1.165, 1.54) is 19.1 Å². The zero-order valence-electron chi connectivity index (χ0n) is 22.6. The van der Waals surface area contributed by atoms with E-state index in [4.69, 9.17) is 9.47 Å². The topological polar surface area (TPSA) is 74.9 Å². The average molecular weight is 613 g/mol. The normalized spacial score (nSPS) is 22.2. The molecule has 0 bridgehead atoms. The summed E-state index contributed by atoms with van der Waals surface area (Å²) in [5, 5.41) is 2.70. The monoisotopic (exact) mass is 612 g/mol. The molecule has 0 aromatic heterocycles. The highest BCUT2D eigenvalue weighted by Gasteiger charge is 2.40. The van der Waals surface area contributed by atoms with Crippen LogP contribution in [0.4, 0.5) is 35.5 Å². The molecule has 3 aromatic rings. The molecular weight excluding hydrogens is 585 g/mol.